The average Bonchev–Trinajstić information content (AvgIpc) is 2.99. The lowest BCUT2D eigenvalue weighted by Crippen LogP contribution is -2.50. The Balaban J connectivity index is 0.00000256. The van der Waals surface area contributed by atoms with Gasteiger partial charge in [0.15, 0.2) is 0 Å². The standard InChI is InChI=1S/C21H25Cl2N3O3.CH4/c1-12-20(24)21(11-29-12)5-7-26(8-6-21)16-9-17(28)19(25-15(16)10-27)13-3-2-4-14(22)18(13)23;/h2-4,9,12,20,27-28H,5-8,10-11,24H2,1H3;1H4/t12-,20+;/m0./s1. The van der Waals surface area contributed by atoms with Gasteiger partial charge < -0.3 is 25.6 Å². The van der Waals surface area contributed by atoms with Crippen LogP contribution in [0.15, 0.2) is 24.3 Å². The zero-order valence-corrected chi connectivity index (χ0v) is 17.7. The molecule has 1 aromatic carbocycles. The van der Waals surface area contributed by atoms with Gasteiger partial charge in [0.25, 0.3) is 0 Å². The van der Waals surface area contributed by atoms with Gasteiger partial charge >= 0.3 is 0 Å². The monoisotopic (exact) mass is 453 g/mol. The number of aromatic nitrogens is 1. The first-order valence-corrected chi connectivity index (χ1v) is 10.5. The van der Waals surface area contributed by atoms with E-state index in [1.807, 2.05) is 6.92 Å². The van der Waals surface area contributed by atoms with Crippen LogP contribution >= 0.6 is 23.2 Å². The van der Waals surface area contributed by atoms with E-state index in [1.165, 1.54) is 0 Å². The van der Waals surface area contributed by atoms with E-state index in [-0.39, 0.29) is 37.3 Å². The van der Waals surface area contributed by atoms with Crippen LogP contribution in [-0.4, -0.2) is 47.0 Å². The molecule has 2 aromatic rings. The second kappa shape index (κ2) is 8.89. The van der Waals surface area contributed by atoms with E-state index < -0.39 is 0 Å². The summed E-state index contributed by atoms with van der Waals surface area (Å²) in [5.74, 6) is -0.00354. The van der Waals surface area contributed by atoms with Crippen LogP contribution in [0.4, 0.5) is 5.69 Å². The van der Waals surface area contributed by atoms with Crippen molar-refractivity contribution in [1.29, 1.82) is 0 Å². The molecule has 0 amide bonds. The fourth-order valence-corrected chi connectivity index (χ4v) is 4.86. The molecule has 1 spiro atoms. The molecule has 2 atom stereocenters. The molecule has 0 aliphatic carbocycles. The quantitative estimate of drug-likeness (QED) is 0.643. The van der Waals surface area contributed by atoms with Gasteiger partial charge in [-0.15, -0.1) is 0 Å². The maximum atomic E-state index is 10.7. The topological polar surface area (TPSA) is 91.8 Å². The molecule has 0 radical (unpaired) electrons. The molecule has 0 bridgehead atoms. The molecular weight excluding hydrogens is 425 g/mol. The molecule has 3 heterocycles. The Morgan fingerprint density at radius 3 is 2.60 bits per heavy atom. The molecule has 1 aromatic heterocycles. The van der Waals surface area contributed by atoms with E-state index in [4.69, 9.17) is 33.7 Å². The number of aromatic hydroxyl groups is 1. The minimum Gasteiger partial charge on any atom is -0.506 e. The number of benzene rings is 1. The predicted octanol–water partition coefficient (Wildman–Crippen LogP) is 4.22. The number of piperidine rings is 1. The third-order valence-electron chi connectivity index (χ3n) is 6.36. The molecule has 2 aliphatic rings. The second-order valence-electron chi connectivity index (χ2n) is 7.97. The lowest BCUT2D eigenvalue weighted by Gasteiger charge is -2.42. The van der Waals surface area contributed by atoms with Crippen LogP contribution in [0.3, 0.4) is 0 Å². The molecule has 4 N–H and O–H groups in total. The molecule has 6 nitrogen and oxygen atoms in total. The summed E-state index contributed by atoms with van der Waals surface area (Å²) in [6, 6.07) is 6.84. The summed E-state index contributed by atoms with van der Waals surface area (Å²) in [6.07, 6.45) is 1.86. The predicted molar refractivity (Wildman–Crippen MR) is 121 cm³/mol. The van der Waals surface area contributed by atoms with Crippen LogP contribution in [0.25, 0.3) is 11.3 Å². The maximum absolute atomic E-state index is 10.7. The van der Waals surface area contributed by atoms with E-state index in [0.29, 0.717) is 33.6 Å². The van der Waals surface area contributed by atoms with Gasteiger partial charge in [-0.25, -0.2) is 4.98 Å². The van der Waals surface area contributed by atoms with Gasteiger partial charge in [0.05, 0.1) is 40.7 Å². The van der Waals surface area contributed by atoms with Crippen molar-refractivity contribution < 1.29 is 14.9 Å². The molecule has 2 aliphatic heterocycles. The molecule has 2 saturated heterocycles. The Morgan fingerprint density at radius 2 is 2.00 bits per heavy atom. The van der Waals surface area contributed by atoms with Crippen LogP contribution in [0.1, 0.15) is 32.9 Å². The van der Waals surface area contributed by atoms with E-state index in [0.717, 1.165) is 31.6 Å². The molecule has 4 rings (SSSR count). The van der Waals surface area contributed by atoms with Crippen molar-refractivity contribution in [2.45, 2.75) is 45.9 Å². The van der Waals surface area contributed by atoms with Gasteiger partial charge in [-0.2, -0.15) is 0 Å². The molecule has 8 heteroatoms. The van der Waals surface area contributed by atoms with E-state index in [2.05, 4.69) is 9.88 Å². The Bertz CT molecular complexity index is 917. The van der Waals surface area contributed by atoms with Gasteiger partial charge in [0.1, 0.15) is 11.4 Å². The van der Waals surface area contributed by atoms with Crippen LogP contribution in [-0.2, 0) is 11.3 Å². The minimum atomic E-state index is -0.248. The average molecular weight is 454 g/mol. The van der Waals surface area contributed by atoms with Gasteiger partial charge in [0.2, 0.25) is 0 Å². The third kappa shape index (κ3) is 3.87. The first-order chi connectivity index (χ1) is 13.9. The van der Waals surface area contributed by atoms with Crippen molar-refractivity contribution in [2.24, 2.45) is 11.1 Å². The number of aliphatic hydroxyl groups is 1. The summed E-state index contributed by atoms with van der Waals surface area (Å²) in [7, 11) is 0. The van der Waals surface area contributed by atoms with Crippen molar-refractivity contribution in [1.82, 2.24) is 4.98 Å². The first kappa shape index (κ1) is 23.1. The maximum Gasteiger partial charge on any atom is 0.144 e. The van der Waals surface area contributed by atoms with Gasteiger partial charge in [-0.05, 0) is 25.8 Å². The second-order valence-corrected chi connectivity index (χ2v) is 8.76. The molecule has 0 unspecified atom stereocenters. The fourth-order valence-electron chi connectivity index (χ4n) is 4.47. The van der Waals surface area contributed by atoms with Crippen molar-refractivity contribution in [3.63, 3.8) is 0 Å². The lowest BCUT2D eigenvalue weighted by molar-refractivity contribution is 0.0974. The van der Waals surface area contributed by atoms with E-state index >= 15 is 0 Å². The number of anilines is 1. The summed E-state index contributed by atoms with van der Waals surface area (Å²) < 4.78 is 5.79. The summed E-state index contributed by atoms with van der Waals surface area (Å²) in [6.45, 7) is 3.98. The lowest BCUT2D eigenvalue weighted by atomic mass is 9.73. The highest BCUT2D eigenvalue weighted by Gasteiger charge is 2.47. The Hall–Kier alpha value is -1.57. The Kier molecular flexibility index (Phi) is 6.84. The normalized spacial score (nSPS) is 22.9. The van der Waals surface area contributed by atoms with Crippen LogP contribution in [0.2, 0.25) is 10.0 Å². The molecule has 30 heavy (non-hydrogen) atoms. The summed E-state index contributed by atoms with van der Waals surface area (Å²) in [4.78, 5) is 6.66. The summed E-state index contributed by atoms with van der Waals surface area (Å²) in [5, 5.41) is 21.3. The van der Waals surface area contributed by atoms with Gasteiger partial charge in [0, 0.05) is 36.2 Å². The highest BCUT2D eigenvalue weighted by molar-refractivity contribution is 6.43. The number of ether oxygens (including phenoxy) is 1. The Morgan fingerprint density at radius 1 is 1.30 bits per heavy atom. The van der Waals surface area contributed by atoms with Crippen molar-refractivity contribution in [2.75, 3.05) is 24.6 Å². The zero-order valence-electron chi connectivity index (χ0n) is 16.2. The molecular formula is C22H29Cl2N3O3. The highest BCUT2D eigenvalue weighted by Crippen LogP contribution is 2.44. The minimum absolute atomic E-state index is 0. The van der Waals surface area contributed by atoms with Crippen LogP contribution in [0, 0.1) is 5.41 Å². The van der Waals surface area contributed by atoms with Gasteiger partial charge in [-0.3, -0.25) is 0 Å². The van der Waals surface area contributed by atoms with E-state index in [9.17, 15) is 10.2 Å². The molecule has 2 fully saturated rings. The number of rotatable bonds is 3. The summed E-state index contributed by atoms with van der Waals surface area (Å²) in [5.41, 5.74) is 8.45. The fraction of sp³-hybridized carbons (Fsp3) is 0.500. The number of hydrogen-bond donors (Lipinski definition) is 3. The van der Waals surface area contributed by atoms with Crippen LogP contribution < -0.4 is 10.6 Å². The van der Waals surface area contributed by atoms with Gasteiger partial charge in [-0.1, -0.05) is 42.8 Å². The van der Waals surface area contributed by atoms with Crippen LogP contribution in [0.5, 0.6) is 5.75 Å². The largest absolute Gasteiger partial charge is 0.506 e. The van der Waals surface area contributed by atoms with Crippen molar-refractivity contribution >= 4 is 28.9 Å². The third-order valence-corrected chi connectivity index (χ3v) is 7.18. The number of halogens is 2. The smallest absolute Gasteiger partial charge is 0.144 e. The summed E-state index contributed by atoms with van der Waals surface area (Å²) >= 11 is 12.4. The number of aliphatic hydroxyl groups excluding tert-OH is 1. The molecule has 0 saturated carbocycles. The Labute approximate surface area is 187 Å². The SMILES string of the molecule is C.C[C@@H]1OCC2(CCN(c3cc(O)c(-c4cccc(Cl)c4Cl)nc3CO)CC2)[C@@H]1N. The van der Waals surface area contributed by atoms with E-state index in [1.54, 1.807) is 24.3 Å². The number of nitrogens with zero attached hydrogens (tertiary/aromatic N) is 2. The highest BCUT2D eigenvalue weighted by atomic mass is 35.5. The van der Waals surface area contributed by atoms with Crippen molar-refractivity contribution in [3.05, 3.63) is 40.0 Å². The number of pyridine rings is 1. The first-order valence-electron chi connectivity index (χ1n) is 9.76. The number of hydrogen-bond acceptors (Lipinski definition) is 6. The number of nitrogens with two attached hydrogens (primary N) is 1. The van der Waals surface area contributed by atoms with Crippen molar-refractivity contribution in [3.8, 4) is 17.0 Å². The molecule has 164 valence electrons. The zero-order chi connectivity index (χ0) is 20.8.